The summed E-state index contributed by atoms with van der Waals surface area (Å²) < 4.78 is 10.9. The number of nitrogens with zero attached hydrogens (tertiary/aromatic N) is 1. The Hall–Kier alpha value is -2.41. The molecule has 0 amide bonds. The number of pyridine rings is 1. The molecule has 0 fully saturated rings. The predicted molar refractivity (Wildman–Crippen MR) is 77.2 cm³/mol. The monoisotopic (exact) mass is 304 g/mol. The molecule has 0 radical (unpaired) electrons. The van der Waals surface area contributed by atoms with Gasteiger partial charge < -0.3 is 20.3 Å². The number of hydrogen-bond acceptors (Lipinski definition) is 6. The van der Waals surface area contributed by atoms with E-state index in [0.29, 0.717) is 35.4 Å². The van der Waals surface area contributed by atoms with Gasteiger partial charge in [0.15, 0.2) is 11.5 Å². The van der Waals surface area contributed by atoms with Crippen LogP contribution in [0, 0.1) is 0 Å². The normalized spacial score (nSPS) is 13.0. The van der Waals surface area contributed by atoms with Gasteiger partial charge in [-0.05, 0) is 24.3 Å². The first-order valence-corrected chi connectivity index (χ1v) is 7.01. The number of nitrogens with two attached hydrogens (primary N) is 1. The van der Waals surface area contributed by atoms with Gasteiger partial charge in [-0.3, -0.25) is 0 Å². The summed E-state index contributed by atoms with van der Waals surface area (Å²) in [5.41, 5.74) is 5.98. The van der Waals surface area contributed by atoms with Crippen LogP contribution in [0.4, 0.5) is 5.69 Å². The highest BCUT2D eigenvalue weighted by molar-refractivity contribution is 7.99. The van der Waals surface area contributed by atoms with Crippen molar-refractivity contribution in [3.8, 4) is 11.5 Å². The summed E-state index contributed by atoms with van der Waals surface area (Å²) in [5, 5.41) is 9.59. The van der Waals surface area contributed by atoms with Gasteiger partial charge in [-0.2, -0.15) is 0 Å². The quantitative estimate of drug-likeness (QED) is 0.898. The standard InChI is InChI=1S/C14H12N2O4S/c15-8-5-10(14(17)18)13(16-7-8)21-9-1-2-11-12(6-9)20-4-3-19-11/h1-2,5-7H,3-4,15H2,(H,17,18). The lowest BCUT2D eigenvalue weighted by Gasteiger charge is -2.18. The summed E-state index contributed by atoms with van der Waals surface area (Å²) >= 11 is 1.24. The first kappa shape index (κ1) is 13.6. The van der Waals surface area contributed by atoms with Crippen molar-refractivity contribution < 1.29 is 19.4 Å². The Morgan fingerprint density at radius 1 is 1.24 bits per heavy atom. The first-order valence-electron chi connectivity index (χ1n) is 6.20. The van der Waals surface area contributed by atoms with Crippen LogP contribution >= 0.6 is 11.8 Å². The van der Waals surface area contributed by atoms with Gasteiger partial charge in [-0.1, -0.05) is 11.8 Å². The molecule has 7 heteroatoms. The fourth-order valence-corrected chi connectivity index (χ4v) is 2.79. The van der Waals surface area contributed by atoms with E-state index in [1.165, 1.54) is 24.0 Å². The molecule has 2 aromatic rings. The summed E-state index contributed by atoms with van der Waals surface area (Å²) in [6, 6.07) is 6.84. The van der Waals surface area contributed by atoms with E-state index in [-0.39, 0.29) is 5.56 Å². The van der Waals surface area contributed by atoms with Crippen molar-refractivity contribution in [2.24, 2.45) is 0 Å². The molecular weight excluding hydrogens is 292 g/mol. The van der Waals surface area contributed by atoms with E-state index in [4.69, 9.17) is 15.2 Å². The maximum absolute atomic E-state index is 11.2. The number of aromatic carboxylic acids is 1. The van der Waals surface area contributed by atoms with Crippen LogP contribution in [0.1, 0.15) is 10.4 Å². The van der Waals surface area contributed by atoms with Crippen molar-refractivity contribution in [1.82, 2.24) is 4.98 Å². The average molecular weight is 304 g/mol. The minimum Gasteiger partial charge on any atom is -0.486 e. The molecule has 1 aromatic heterocycles. The molecule has 6 nitrogen and oxygen atoms in total. The maximum atomic E-state index is 11.2. The Balaban J connectivity index is 1.92. The van der Waals surface area contributed by atoms with E-state index in [1.807, 2.05) is 12.1 Å². The molecule has 0 aliphatic carbocycles. The van der Waals surface area contributed by atoms with Crippen LogP contribution in [0.2, 0.25) is 0 Å². The molecule has 1 aliphatic rings. The first-order chi connectivity index (χ1) is 10.1. The van der Waals surface area contributed by atoms with Crippen molar-refractivity contribution in [2.75, 3.05) is 18.9 Å². The number of benzene rings is 1. The van der Waals surface area contributed by atoms with E-state index in [9.17, 15) is 9.90 Å². The van der Waals surface area contributed by atoms with Gasteiger partial charge in [0.25, 0.3) is 0 Å². The van der Waals surface area contributed by atoms with Gasteiger partial charge in [0.2, 0.25) is 0 Å². The Labute approximate surface area is 124 Å². The second-order valence-electron chi connectivity index (χ2n) is 4.33. The zero-order valence-electron chi connectivity index (χ0n) is 10.9. The predicted octanol–water partition coefficient (Wildman–Crippen LogP) is 2.28. The second kappa shape index (κ2) is 5.53. The smallest absolute Gasteiger partial charge is 0.338 e. The molecule has 0 unspecified atom stereocenters. The maximum Gasteiger partial charge on any atom is 0.338 e. The van der Waals surface area contributed by atoms with Crippen LogP contribution < -0.4 is 15.2 Å². The van der Waals surface area contributed by atoms with Gasteiger partial charge in [-0.15, -0.1) is 0 Å². The van der Waals surface area contributed by atoms with Crippen LogP contribution in [0.15, 0.2) is 40.4 Å². The summed E-state index contributed by atoms with van der Waals surface area (Å²) in [6.45, 7) is 1.03. The molecule has 0 saturated carbocycles. The topological polar surface area (TPSA) is 94.7 Å². The summed E-state index contributed by atoms with van der Waals surface area (Å²) in [4.78, 5) is 16.2. The Bertz CT molecular complexity index is 705. The van der Waals surface area contributed by atoms with Crippen molar-refractivity contribution in [3.05, 3.63) is 36.0 Å². The van der Waals surface area contributed by atoms with Crippen molar-refractivity contribution in [1.29, 1.82) is 0 Å². The molecule has 1 aromatic carbocycles. The number of anilines is 1. The number of nitrogen functional groups attached to an aromatic ring is 1. The van der Waals surface area contributed by atoms with E-state index in [0.717, 1.165) is 4.90 Å². The summed E-state index contributed by atoms with van der Waals surface area (Å²) in [5.74, 6) is 0.280. The van der Waals surface area contributed by atoms with Crippen LogP contribution in [0.25, 0.3) is 0 Å². The second-order valence-corrected chi connectivity index (χ2v) is 5.40. The van der Waals surface area contributed by atoms with Crippen LogP contribution in [0.5, 0.6) is 11.5 Å². The molecule has 0 bridgehead atoms. The molecule has 0 atom stereocenters. The molecule has 1 aliphatic heterocycles. The molecule has 0 saturated heterocycles. The van der Waals surface area contributed by atoms with E-state index in [1.54, 1.807) is 6.07 Å². The largest absolute Gasteiger partial charge is 0.486 e. The highest BCUT2D eigenvalue weighted by Gasteiger charge is 2.16. The average Bonchev–Trinajstić information content (AvgIpc) is 2.49. The van der Waals surface area contributed by atoms with Gasteiger partial charge >= 0.3 is 5.97 Å². The zero-order valence-corrected chi connectivity index (χ0v) is 11.7. The Morgan fingerprint density at radius 2 is 2.00 bits per heavy atom. The molecule has 3 N–H and O–H groups in total. The number of fused-ring (bicyclic) bond motifs is 1. The number of carbonyl (C=O) groups is 1. The van der Waals surface area contributed by atoms with Crippen LogP contribution in [-0.4, -0.2) is 29.3 Å². The summed E-state index contributed by atoms with van der Waals surface area (Å²) in [6.07, 6.45) is 1.44. The van der Waals surface area contributed by atoms with Crippen molar-refractivity contribution in [3.63, 3.8) is 0 Å². The third-order valence-corrected chi connectivity index (χ3v) is 3.84. The molecular formula is C14H12N2O4S. The van der Waals surface area contributed by atoms with E-state index < -0.39 is 5.97 Å². The van der Waals surface area contributed by atoms with Crippen molar-refractivity contribution in [2.45, 2.75) is 9.92 Å². The van der Waals surface area contributed by atoms with Gasteiger partial charge in [0.05, 0.1) is 17.4 Å². The molecule has 2 heterocycles. The number of carboxylic acid groups (broad SMARTS) is 1. The third kappa shape index (κ3) is 2.87. The molecule has 0 spiro atoms. The lowest BCUT2D eigenvalue weighted by molar-refractivity contribution is 0.0692. The van der Waals surface area contributed by atoms with Gasteiger partial charge in [0.1, 0.15) is 18.2 Å². The highest BCUT2D eigenvalue weighted by Crippen LogP contribution is 2.37. The number of aromatic nitrogens is 1. The Morgan fingerprint density at radius 3 is 2.76 bits per heavy atom. The fourth-order valence-electron chi connectivity index (χ4n) is 1.90. The lowest BCUT2D eigenvalue weighted by Crippen LogP contribution is -2.15. The number of hydrogen-bond donors (Lipinski definition) is 2. The highest BCUT2D eigenvalue weighted by atomic mass is 32.2. The van der Waals surface area contributed by atoms with Crippen LogP contribution in [0.3, 0.4) is 0 Å². The number of ether oxygens (including phenoxy) is 2. The minimum atomic E-state index is -1.06. The minimum absolute atomic E-state index is 0.0786. The van der Waals surface area contributed by atoms with Crippen LogP contribution in [-0.2, 0) is 0 Å². The number of carboxylic acids is 1. The summed E-state index contributed by atoms with van der Waals surface area (Å²) in [7, 11) is 0. The molecule has 3 rings (SSSR count). The fraction of sp³-hybridized carbons (Fsp3) is 0.143. The van der Waals surface area contributed by atoms with Gasteiger partial charge in [-0.25, -0.2) is 9.78 Å². The zero-order chi connectivity index (χ0) is 14.8. The molecule has 108 valence electrons. The number of rotatable bonds is 3. The third-order valence-electron chi connectivity index (χ3n) is 2.83. The van der Waals surface area contributed by atoms with Gasteiger partial charge in [0, 0.05) is 4.90 Å². The SMILES string of the molecule is Nc1cnc(Sc2ccc3c(c2)OCCO3)c(C(=O)O)c1. The van der Waals surface area contributed by atoms with E-state index in [2.05, 4.69) is 4.98 Å². The Kier molecular flexibility index (Phi) is 3.57. The lowest BCUT2D eigenvalue weighted by atomic mass is 10.3. The van der Waals surface area contributed by atoms with E-state index >= 15 is 0 Å². The van der Waals surface area contributed by atoms with Crippen molar-refractivity contribution >= 4 is 23.4 Å². The molecule has 21 heavy (non-hydrogen) atoms.